The van der Waals surface area contributed by atoms with Gasteiger partial charge in [0, 0.05) is 0 Å². The van der Waals surface area contributed by atoms with Gasteiger partial charge in [-0.2, -0.15) is 0 Å². The highest BCUT2D eigenvalue weighted by Crippen LogP contribution is 2.73. The first kappa shape index (κ1) is 18.1. The molecule has 0 radical (unpaired) electrons. The number of esters is 1. The zero-order valence-corrected chi connectivity index (χ0v) is 17.5. The standard InChI is InChI=1S/C21H25IO4/c1-4-14-5-16(22)19(17(6-14)24-3)25-11-18(23)26-21-8-13(2)7-20(12-21)9-15(20)10-21/h4-6,13,15H,1,7-12H2,2-3H3. The summed E-state index contributed by atoms with van der Waals surface area (Å²) in [6, 6.07) is 3.80. The lowest BCUT2D eigenvalue weighted by Gasteiger charge is -2.39. The van der Waals surface area contributed by atoms with Crippen LogP contribution >= 0.6 is 22.6 Å². The minimum Gasteiger partial charge on any atom is -0.493 e. The van der Waals surface area contributed by atoms with Gasteiger partial charge in [-0.1, -0.05) is 19.6 Å². The van der Waals surface area contributed by atoms with Gasteiger partial charge < -0.3 is 14.2 Å². The smallest absolute Gasteiger partial charge is 0.344 e. The molecule has 4 atom stereocenters. The van der Waals surface area contributed by atoms with Gasteiger partial charge in [0.1, 0.15) is 5.60 Å². The molecule has 2 bridgehead atoms. The minimum absolute atomic E-state index is 0.0897. The largest absolute Gasteiger partial charge is 0.493 e. The zero-order chi connectivity index (χ0) is 18.5. The van der Waals surface area contributed by atoms with Gasteiger partial charge in [0.15, 0.2) is 18.1 Å². The molecule has 0 aromatic heterocycles. The van der Waals surface area contributed by atoms with Gasteiger partial charge in [-0.3, -0.25) is 0 Å². The van der Waals surface area contributed by atoms with Gasteiger partial charge in [0.2, 0.25) is 0 Å². The van der Waals surface area contributed by atoms with E-state index in [0.29, 0.717) is 22.8 Å². The van der Waals surface area contributed by atoms with Crippen molar-refractivity contribution in [2.24, 2.45) is 17.3 Å². The van der Waals surface area contributed by atoms with E-state index in [2.05, 4.69) is 36.1 Å². The maximum atomic E-state index is 12.5. The number of rotatable bonds is 6. The third kappa shape index (κ3) is 3.12. The average molecular weight is 468 g/mol. The van der Waals surface area contributed by atoms with Crippen LogP contribution in [-0.2, 0) is 9.53 Å². The highest BCUT2D eigenvalue weighted by atomic mass is 127. The Morgan fingerprint density at radius 3 is 2.88 bits per heavy atom. The lowest BCUT2D eigenvalue weighted by molar-refractivity contribution is -0.167. The van der Waals surface area contributed by atoms with Gasteiger partial charge in [-0.15, -0.1) is 0 Å². The van der Waals surface area contributed by atoms with E-state index in [1.54, 1.807) is 13.2 Å². The molecule has 3 fully saturated rings. The molecule has 5 heteroatoms. The highest BCUT2D eigenvalue weighted by Gasteiger charge is 2.69. The number of carbonyl (C=O) groups excluding carboxylic acids is 1. The Kier molecular flexibility index (Phi) is 4.48. The second-order valence-electron chi connectivity index (χ2n) is 8.34. The summed E-state index contributed by atoms with van der Waals surface area (Å²) < 4.78 is 18.1. The van der Waals surface area contributed by atoms with Crippen molar-refractivity contribution in [3.63, 3.8) is 0 Å². The number of fused-ring (bicyclic) bond motifs is 1. The molecule has 3 aliphatic carbocycles. The Morgan fingerprint density at radius 2 is 2.15 bits per heavy atom. The van der Waals surface area contributed by atoms with Crippen LogP contribution in [0.15, 0.2) is 18.7 Å². The summed E-state index contributed by atoms with van der Waals surface area (Å²) in [6.45, 7) is 5.98. The van der Waals surface area contributed by atoms with Crippen LogP contribution in [-0.4, -0.2) is 25.3 Å². The van der Waals surface area contributed by atoms with E-state index in [9.17, 15) is 4.79 Å². The average Bonchev–Trinajstić information content (AvgIpc) is 3.13. The second kappa shape index (κ2) is 6.43. The molecular formula is C21H25IO4. The predicted molar refractivity (Wildman–Crippen MR) is 108 cm³/mol. The first-order valence-corrected chi connectivity index (χ1v) is 10.3. The van der Waals surface area contributed by atoms with Crippen molar-refractivity contribution in [1.29, 1.82) is 0 Å². The molecule has 0 heterocycles. The number of carbonyl (C=O) groups is 1. The number of benzene rings is 1. The monoisotopic (exact) mass is 468 g/mol. The van der Waals surface area contributed by atoms with Crippen molar-refractivity contribution >= 4 is 34.6 Å². The lowest BCUT2D eigenvalue weighted by Crippen LogP contribution is -2.40. The predicted octanol–water partition coefficient (Wildman–Crippen LogP) is 4.83. The van der Waals surface area contributed by atoms with E-state index >= 15 is 0 Å². The number of methoxy groups -OCH3 is 1. The molecular weight excluding hydrogens is 443 g/mol. The summed E-state index contributed by atoms with van der Waals surface area (Å²) in [5, 5.41) is 0. The molecule has 1 aromatic rings. The van der Waals surface area contributed by atoms with Crippen LogP contribution in [0.5, 0.6) is 11.5 Å². The summed E-state index contributed by atoms with van der Waals surface area (Å²) in [5.74, 6) is 2.31. The lowest BCUT2D eigenvalue weighted by atomic mass is 9.74. The van der Waals surface area contributed by atoms with E-state index in [1.807, 2.05) is 12.1 Å². The van der Waals surface area contributed by atoms with E-state index in [4.69, 9.17) is 14.2 Å². The van der Waals surface area contributed by atoms with E-state index in [-0.39, 0.29) is 18.2 Å². The van der Waals surface area contributed by atoms with Crippen LogP contribution in [0.1, 0.15) is 44.6 Å². The molecule has 1 spiro atoms. The molecule has 26 heavy (non-hydrogen) atoms. The Morgan fingerprint density at radius 1 is 1.35 bits per heavy atom. The molecule has 0 aliphatic heterocycles. The van der Waals surface area contributed by atoms with Crippen LogP contribution in [0.3, 0.4) is 0 Å². The van der Waals surface area contributed by atoms with Crippen LogP contribution in [0, 0.1) is 20.8 Å². The van der Waals surface area contributed by atoms with Crippen molar-refractivity contribution in [3.8, 4) is 11.5 Å². The minimum atomic E-state index is -0.277. The third-order valence-corrected chi connectivity index (χ3v) is 7.08. The Labute approximate surface area is 168 Å². The van der Waals surface area contributed by atoms with Crippen LogP contribution in [0.25, 0.3) is 6.08 Å². The van der Waals surface area contributed by atoms with Gasteiger partial charge in [-0.05, 0) is 89.6 Å². The quantitative estimate of drug-likeness (QED) is 0.443. The highest BCUT2D eigenvalue weighted by molar-refractivity contribution is 14.1. The Hall–Kier alpha value is -1.24. The molecule has 140 valence electrons. The molecule has 0 N–H and O–H groups in total. The third-order valence-electron chi connectivity index (χ3n) is 6.28. The fourth-order valence-corrected chi connectivity index (χ4v) is 6.28. The summed E-state index contributed by atoms with van der Waals surface area (Å²) in [5.41, 5.74) is 1.19. The number of ether oxygens (including phenoxy) is 3. The van der Waals surface area contributed by atoms with E-state index in [0.717, 1.165) is 34.3 Å². The summed E-state index contributed by atoms with van der Waals surface area (Å²) in [7, 11) is 1.59. The van der Waals surface area contributed by atoms with Crippen molar-refractivity contribution in [3.05, 3.63) is 27.8 Å². The van der Waals surface area contributed by atoms with Crippen LogP contribution < -0.4 is 9.47 Å². The summed E-state index contributed by atoms with van der Waals surface area (Å²) in [4.78, 5) is 12.5. The first-order valence-electron chi connectivity index (χ1n) is 9.23. The van der Waals surface area contributed by atoms with Gasteiger partial charge >= 0.3 is 5.97 Å². The van der Waals surface area contributed by atoms with Crippen LogP contribution in [0.4, 0.5) is 0 Å². The fourth-order valence-electron chi connectivity index (χ4n) is 5.50. The number of hydrogen-bond donors (Lipinski definition) is 0. The molecule has 3 saturated carbocycles. The normalized spacial score (nSPS) is 34.0. The fraction of sp³-hybridized carbons (Fsp3) is 0.571. The topological polar surface area (TPSA) is 44.8 Å². The number of hydrogen-bond acceptors (Lipinski definition) is 4. The van der Waals surface area contributed by atoms with E-state index < -0.39 is 0 Å². The first-order chi connectivity index (χ1) is 12.4. The van der Waals surface area contributed by atoms with Crippen LogP contribution in [0.2, 0.25) is 0 Å². The molecule has 4 nitrogen and oxygen atoms in total. The second-order valence-corrected chi connectivity index (χ2v) is 9.50. The Bertz CT molecular complexity index is 757. The molecule has 0 saturated heterocycles. The van der Waals surface area contributed by atoms with Crippen molar-refractivity contribution in [1.82, 2.24) is 0 Å². The molecule has 0 amide bonds. The molecule has 1 aromatic carbocycles. The maximum absolute atomic E-state index is 12.5. The van der Waals surface area contributed by atoms with Crippen molar-refractivity contribution in [2.45, 2.75) is 44.6 Å². The summed E-state index contributed by atoms with van der Waals surface area (Å²) in [6.07, 6.45) is 7.48. The van der Waals surface area contributed by atoms with Crippen molar-refractivity contribution < 1.29 is 19.0 Å². The van der Waals surface area contributed by atoms with Crippen molar-refractivity contribution in [2.75, 3.05) is 13.7 Å². The van der Waals surface area contributed by atoms with Gasteiger partial charge in [-0.25, -0.2) is 4.79 Å². The summed E-state index contributed by atoms with van der Waals surface area (Å²) >= 11 is 2.18. The maximum Gasteiger partial charge on any atom is 0.344 e. The molecule has 3 aliphatic rings. The zero-order valence-electron chi connectivity index (χ0n) is 15.3. The molecule has 4 rings (SSSR count). The van der Waals surface area contributed by atoms with Gasteiger partial charge in [0.05, 0.1) is 10.7 Å². The Balaban J connectivity index is 1.41. The number of halogens is 1. The van der Waals surface area contributed by atoms with E-state index in [1.165, 1.54) is 12.8 Å². The SMILES string of the molecule is C=Cc1cc(I)c(OCC(=O)OC23CC(C)CC4(CC4C2)C3)c(OC)c1. The van der Waals surface area contributed by atoms with Gasteiger partial charge in [0.25, 0.3) is 0 Å². The molecule has 4 unspecified atom stereocenters.